The molecule has 2 unspecified atom stereocenters. The van der Waals surface area contributed by atoms with E-state index in [0.717, 1.165) is 6.42 Å². The van der Waals surface area contributed by atoms with Crippen molar-refractivity contribution >= 4 is 17.5 Å². The number of carbonyl (C=O) groups is 1. The van der Waals surface area contributed by atoms with Crippen LogP contribution in [-0.4, -0.2) is 17.3 Å². The highest BCUT2D eigenvalue weighted by Gasteiger charge is 2.40. The van der Waals surface area contributed by atoms with E-state index < -0.39 is 0 Å². The molecule has 1 saturated carbocycles. The van der Waals surface area contributed by atoms with Gasteiger partial charge in [-0.05, 0) is 26.2 Å². The van der Waals surface area contributed by atoms with Crippen molar-refractivity contribution in [1.82, 2.24) is 5.32 Å². The molecule has 0 spiro atoms. The summed E-state index contributed by atoms with van der Waals surface area (Å²) in [7, 11) is 0. The molecule has 1 amide bonds. The first-order valence-corrected chi connectivity index (χ1v) is 4.88. The fraction of sp³-hybridized carbons (Fsp3) is 0.889. The SMILES string of the molecule is CC1CC1C(=O)NC(C)(C)CCl. The van der Waals surface area contributed by atoms with Gasteiger partial charge in [-0.1, -0.05) is 6.92 Å². The van der Waals surface area contributed by atoms with Crippen molar-refractivity contribution < 1.29 is 4.79 Å². The number of halogens is 1. The summed E-state index contributed by atoms with van der Waals surface area (Å²) in [5.41, 5.74) is -0.263. The van der Waals surface area contributed by atoms with Gasteiger partial charge in [0.25, 0.3) is 0 Å². The van der Waals surface area contributed by atoms with Crippen LogP contribution in [0.3, 0.4) is 0 Å². The first-order chi connectivity index (χ1) is 5.46. The molecule has 1 rings (SSSR count). The molecule has 70 valence electrons. The molecule has 12 heavy (non-hydrogen) atoms. The maximum Gasteiger partial charge on any atom is 0.223 e. The number of carbonyl (C=O) groups excluding carboxylic acids is 1. The zero-order valence-corrected chi connectivity index (χ0v) is 8.61. The molecule has 0 bridgehead atoms. The minimum absolute atomic E-state index is 0.160. The average Bonchev–Trinajstić information content (AvgIpc) is 2.66. The molecule has 0 aliphatic heterocycles. The summed E-state index contributed by atoms with van der Waals surface area (Å²) < 4.78 is 0. The number of hydrogen-bond donors (Lipinski definition) is 1. The second kappa shape index (κ2) is 3.25. The van der Waals surface area contributed by atoms with Crippen LogP contribution in [0, 0.1) is 11.8 Å². The molecule has 2 nitrogen and oxygen atoms in total. The Morgan fingerprint density at radius 2 is 2.17 bits per heavy atom. The van der Waals surface area contributed by atoms with Crippen molar-refractivity contribution in [2.24, 2.45) is 11.8 Å². The van der Waals surface area contributed by atoms with E-state index >= 15 is 0 Å². The first-order valence-electron chi connectivity index (χ1n) is 4.34. The second-order valence-electron chi connectivity index (χ2n) is 4.33. The Morgan fingerprint density at radius 1 is 1.67 bits per heavy atom. The van der Waals surface area contributed by atoms with Gasteiger partial charge in [-0.15, -0.1) is 11.6 Å². The van der Waals surface area contributed by atoms with Crippen molar-refractivity contribution in [3.63, 3.8) is 0 Å². The lowest BCUT2D eigenvalue weighted by Crippen LogP contribution is -2.45. The topological polar surface area (TPSA) is 29.1 Å². The van der Waals surface area contributed by atoms with E-state index in [4.69, 9.17) is 11.6 Å². The summed E-state index contributed by atoms with van der Waals surface area (Å²) in [4.78, 5) is 11.4. The molecule has 1 N–H and O–H groups in total. The lowest BCUT2D eigenvalue weighted by molar-refractivity contribution is -0.123. The van der Waals surface area contributed by atoms with Crippen LogP contribution >= 0.6 is 11.6 Å². The van der Waals surface area contributed by atoms with E-state index in [1.165, 1.54) is 0 Å². The number of alkyl halides is 1. The van der Waals surface area contributed by atoms with Gasteiger partial charge in [-0.2, -0.15) is 0 Å². The minimum atomic E-state index is -0.263. The maximum atomic E-state index is 11.4. The third-order valence-electron chi connectivity index (χ3n) is 2.24. The molecular weight excluding hydrogens is 174 g/mol. The van der Waals surface area contributed by atoms with Gasteiger partial charge in [-0.3, -0.25) is 4.79 Å². The summed E-state index contributed by atoms with van der Waals surface area (Å²) in [6.45, 7) is 5.97. The third kappa shape index (κ3) is 2.37. The van der Waals surface area contributed by atoms with Crippen LogP contribution in [-0.2, 0) is 4.79 Å². The van der Waals surface area contributed by atoms with Crippen molar-refractivity contribution in [3.05, 3.63) is 0 Å². The molecule has 0 saturated heterocycles. The quantitative estimate of drug-likeness (QED) is 0.674. The first kappa shape index (κ1) is 9.85. The van der Waals surface area contributed by atoms with Gasteiger partial charge in [-0.25, -0.2) is 0 Å². The molecule has 0 aromatic heterocycles. The predicted octanol–water partition coefficient (Wildman–Crippen LogP) is 1.78. The molecule has 1 aliphatic carbocycles. The minimum Gasteiger partial charge on any atom is -0.350 e. The van der Waals surface area contributed by atoms with E-state index in [9.17, 15) is 4.79 Å². The maximum absolute atomic E-state index is 11.4. The van der Waals surface area contributed by atoms with Crippen molar-refractivity contribution in [1.29, 1.82) is 0 Å². The van der Waals surface area contributed by atoms with Gasteiger partial charge >= 0.3 is 0 Å². The smallest absolute Gasteiger partial charge is 0.223 e. The molecule has 0 radical (unpaired) electrons. The number of nitrogens with one attached hydrogen (secondary N) is 1. The normalized spacial score (nSPS) is 28.3. The molecule has 3 heteroatoms. The molecule has 0 aromatic rings. The van der Waals surface area contributed by atoms with Crippen LogP contribution in [0.25, 0.3) is 0 Å². The van der Waals surface area contributed by atoms with E-state index in [0.29, 0.717) is 11.8 Å². The predicted molar refractivity (Wildman–Crippen MR) is 50.2 cm³/mol. The lowest BCUT2D eigenvalue weighted by atomic mass is 10.1. The summed E-state index contributed by atoms with van der Waals surface area (Å²) in [6.07, 6.45) is 1.03. The van der Waals surface area contributed by atoms with Crippen LogP contribution in [0.1, 0.15) is 27.2 Å². The van der Waals surface area contributed by atoms with Crippen LogP contribution in [0.4, 0.5) is 0 Å². The molecule has 2 atom stereocenters. The van der Waals surface area contributed by atoms with Gasteiger partial charge < -0.3 is 5.32 Å². The third-order valence-corrected chi connectivity index (χ3v) is 2.91. The van der Waals surface area contributed by atoms with Crippen LogP contribution in [0.2, 0.25) is 0 Å². The van der Waals surface area contributed by atoms with E-state index in [-0.39, 0.29) is 17.4 Å². The summed E-state index contributed by atoms with van der Waals surface area (Å²) in [5.74, 6) is 1.43. The fourth-order valence-electron chi connectivity index (χ4n) is 1.15. The van der Waals surface area contributed by atoms with Gasteiger partial charge in [0.2, 0.25) is 5.91 Å². The van der Waals surface area contributed by atoms with Gasteiger partial charge in [0, 0.05) is 17.3 Å². The summed E-state index contributed by atoms with van der Waals surface area (Å²) in [6, 6.07) is 0. The molecular formula is C9H16ClNO. The number of amides is 1. The molecule has 1 fully saturated rings. The Balaban J connectivity index is 2.36. The Labute approximate surface area is 78.7 Å². The van der Waals surface area contributed by atoms with E-state index in [1.807, 2.05) is 13.8 Å². The largest absolute Gasteiger partial charge is 0.350 e. The highest BCUT2D eigenvalue weighted by Crippen LogP contribution is 2.38. The number of rotatable bonds is 3. The fourth-order valence-corrected chi connectivity index (χ4v) is 1.21. The molecule has 1 aliphatic rings. The van der Waals surface area contributed by atoms with Gasteiger partial charge in [0.1, 0.15) is 0 Å². The van der Waals surface area contributed by atoms with Crippen molar-refractivity contribution in [3.8, 4) is 0 Å². The van der Waals surface area contributed by atoms with Gasteiger partial charge in [0.05, 0.1) is 0 Å². The van der Waals surface area contributed by atoms with Crippen molar-refractivity contribution in [2.45, 2.75) is 32.7 Å². The summed E-state index contributed by atoms with van der Waals surface area (Å²) in [5, 5.41) is 2.93. The highest BCUT2D eigenvalue weighted by molar-refractivity contribution is 6.18. The zero-order chi connectivity index (χ0) is 9.35. The van der Waals surface area contributed by atoms with E-state index in [2.05, 4.69) is 12.2 Å². The Kier molecular flexibility index (Phi) is 2.67. The lowest BCUT2D eigenvalue weighted by Gasteiger charge is -2.23. The Hall–Kier alpha value is -0.240. The van der Waals surface area contributed by atoms with Crippen LogP contribution < -0.4 is 5.32 Å². The summed E-state index contributed by atoms with van der Waals surface area (Å²) >= 11 is 5.68. The van der Waals surface area contributed by atoms with Crippen LogP contribution in [0.5, 0.6) is 0 Å². The Morgan fingerprint density at radius 3 is 2.50 bits per heavy atom. The highest BCUT2D eigenvalue weighted by atomic mass is 35.5. The number of hydrogen-bond acceptors (Lipinski definition) is 1. The van der Waals surface area contributed by atoms with Crippen molar-refractivity contribution in [2.75, 3.05) is 5.88 Å². The second-order valence-corrected chi connectivity index (χ2v) is 4.59. The van der Waals surface area contributed by atoms with Gasteiger partial charge in [0.15, 0.2) is 0 Å². The van der Waals surface area contributed by atoms with Crippen LogP contribution in [0.15, 0.2) is 0 Å². The van der Waals surface area contributed by atoms with E-state index in [1.54, 1.807) is 0 Å². The standard InChI is InChI=1S/C9H16ClNO/c1-6-4-7(6)8(12)11-9(2,3)5-10/h6-7H,4-5H2,1-3H3,(H,11,12). The monoisotopic (exact) mass is 189 g/mol. The average molecular weight is 190 g/mol. The molecule has 0 heterocycles. The molecule has 0 aromatic carbocycles. The zero-order valence-electron chi connectivity index (χ0n) is 7.86. The Bertz CT molecular complexity index is 191.